The topological polar surface area (TPSA) is 37.4 Å². The fourth-order valence-electron chi connectivity index (χ4n) is 2.31. The zero-order valence-corrected chi connectivity index (χ0v) is 10.7. The van der Waals surface area contributed by atoms with Gasteiger partial charge in [0.2, 0.25) is 5.78 Å². The lowest BCUT2D eigenvalue weighted by molar-refractivity contribution is -0.178. The summed E-state index contributed by atoms with van der Waals surface area (Å²) in [4.78, 5) is 24.5. The van der Waals surface area contributed by atoms with E-state index in [4.69, 9.17) is 0 Å². The zero-order chi connectivity index (χ0) is 14.8. The fraction of sp³-hybridized carbons (Fsp3) is 0.429. The Bertz CT molecular complexity index is 499. The summed E-state index contributed by atoms with van der Waals surface area (Å²) >= 11 is 0. The van der Waals surface area contributed by atoms with E-state index in [1.54, 1.807) is 4.90 Å². The van der Waals surface area contributed by atoms with E-state index in [1.165, 1.54) is 0 Å². The molecule has 108 valence electrons. The Hall–Kier alpha value is -1.69. The molecular weight excluding hydrogens is 271 g/mol. The second-order valence-corrected chi connectivity index (χ2v) is 4.85. The summed E-state index contributed by atoms with van der Waals surface area (Å²) in [5, 5.41) is 0. The fourth-order valence-corrected chi connectivity index (χ4v) is 2.31. The lowest BCUT2D eigenvalue weighted by atomic mass is 9.91. The molecule has 0 aromatic heterocycles. The van der Waals surface area contributed by atoms with Crippen LogP contribution in [0.2, 0.25) is 0 Å². The van der Waals surface area contributed by atoms with Gasteiger partial charge in [-0.15, -0.1) is 0 Å². The molecule has 1 atom stereocenters. The number of benzene rings is 1. The van der Waals surface area contributed by atoms with Crippen molar-refractivity contribution in [1.29, 1.82) is 0 Å². The lowest BCUT2D eigenvalue weighted by Crippen LogP contribution is -2.47. The van der Waals surface area contributed by atoms with Crippen molar-refractivity contribution >= 4 is 11.6 Å². The number of carbonyl (C=O) groups is 2. The van der Waals surface area contributed by atoms with Crippen LogP contribution in [0, 0.1) is 5.92 Å². The van der Waals surface area contributed by atoms with Crippen molar-refractivity contribution in [2.45, 2.75) is 19.1 Å². The second kappa shape index (κ2) is 5.75. The molecular formula is C14H14F3NO2. The van der Waals surface area contributed by atoms with E-state index >= 15 is 0 Å². The summed E-state index contributed by atoms with van der Waals surface area (Å²) in [6, 6.07) is 9.23. The molecule has 1 aromatic carbocycles. The highest BCUT2D eigenvalue weighted by atomic mass is 19.4. The quantitative estimate of drug-likeness (QED) is 0.799. The Balaban J connectivity index is 2.05. The Kier molecular flexibility index (Phi) is 4.23. The maximum Gasteiger partial charge on any atom is 0.450 e. The minimum Gasteiger partial charge on any atom is -0.299 e. The normalized spacial score (nSPS) is 20.9. The number of alkyl halides is 3. The number of likely N-dealkylation sites (tertiary alicyclic amines) is 1. The highest BCUT2D eigenvalue weighted by Gasteiger charge is 2.47. The molecule has 2 rings (SSSR count). The molecule has 0 saturated carbocycles. The smallest absolute Gasteiger partial charge is 0.299 e. The van der Waals surface area contributed by atoms with Crippen LogP contribution in [0.15, 0.2) is 30.3 Å². The van der Waals surface area contributed by atoms with Gasteiger partial charge in [0, 0.05) is 26.1 Å². The van der Waals surface area contributed by atoms with Gasteiger partial charge >= 0.3 is 6.18 Å². The van der Waals surface area contributed by atoms with Crippen molar-refractivity contribution in [3.8, 4) is 0 Å². The maximum absolute atomic E-state index is 12.4. The first-order valence-corrected chi connectivity index (χ1v) is 6.28. The summed E-state index contributed by atoms with van der Waals surface area (Å²) in [6.07, 6.45) is -4.96. The third-order valence-electron chi connectivity index (χ3n) is 3.35. The van der Waals surface area contributed by atoms with E-state index in [9.17, 15) is 22.8 Å². The van der Waals surface area contributed by atoms with Crippen molar-refractivity contribution in [2.75, 3.05) is 13.1 Å². The van der Waals surface area contributed by atoms with Gasteiger partial charge in [0.1, 0.15) is 5.78 Å². The largest absolute Gasteiger partial charge is 0.450 e. The molecule has 1 aromatic rings. The first-order valence-electron chi connectivity index (χ1n) is 6.28. The van der Waals surface area contributed by atoms with Crippen LogP contribution in [0.1, 0.15) is 12.0 Å². The van der Waals surface area contributed by atoms with E-state index in [0.29, 0.717) is 13.1 Å². The van der Waals surface area contributed by atoms with Crippen molar-refractivity contribution in [3.05, 3.63) is 35.9 Å². The second-order valence-electron chi connectivity index (χ2n) is 4.85. The average molecular weight is 285 g/mol. The lowest BCUT2D eigenvalue weighted by Gasteiger charge is -2.31. The van der Waals surface area contributed by atoms with Crippen LogP contribution >= 0.6 is 0 Å². The molecule has 1 saturated heterocycles. The van der Waals surface area contributed by atoms with E-state index < -0.39 is 23.7 Å². The van der Waals surface area contributed by atoms with Gasteiger partial charge in [-0.3, -0.25) is 14.5 Å². The number of Topliss-reactive ketones (excluding diaryl/α,β-unsaturated/α-hetero) is 2. The summed E-state index contributed by atoms with van der Waals surface area (Å²) in [6.45, 7) is 0.664. The predicted octanol–water partition coefficient (Wildman–Crippen LogP) is 2.21. The molecule has 3 nitrogen and oxygen atoms in total. The third kappa shape index (κ3) is 3.45. The first-order chi connectivity index (χ1) is 9.38. The molecule has 0 bridgehead atoms. The molecule has 0 aliphatic carbocycles. The molecule has 0 radical (unpaired) electrons. The van der Waals surface area contributed by atoms with Crippen LogP contribution in [0.25, 0.3) is 0 Å². The van der Waals surface area contributed by atoms with Gasteiger partial charge < -0.3 is 0 Å². The van der Waals surface area contributed by atoms with Crippen molar-refractivity contribution in [2.24, 2.45) is 5.92 Å². The number of hydrogen-bond acceptors (Lipinski definition) is 3. The Morgan fingerprint density at radius 3 is 2.50 bits per heavy atom. The number of carbonyl (C=O) groups excluding carboxylic acids is 2. The molecule has 0 amide bonds. The monoisotopic (exact) mass is 285 g/mol. The molecule has 1 heterocycles. The standard InChI is InChI=1S/C14H14F3NO2/c15-14(16,17)13(20)11-9-18(7-6-12(11)19)8-10-4-2-1-3-5-10/h1-5,11H,6-9H2. The molecule has 1 unspecified atom stereocenters. The minimum absolute atomic E-state index is 0.0146. The number of nitrogens with zero attached hydrogens (tertiary/aromatic N) is 1. The molecule has 1 aliphatic rings. The van der Waals surface area contributed by atoms with Gasteiger partial charge in [-0.05, 0) is 5.56 Å². The van der Waals surface area contributed by atoms with Gasteiger partial charge in [0.25, 0.3) is 0 Å². The zero-order valence-electron chi connectivity index (χ0n) is 10.7. The van der Waals surface area contributed by atoms with Crippen molar-refractivity contribution in [1.82, 2.24) is 4.90 Å². The van der Waals surface area contributed by atoms with E-state index in [1.807, 2.05) is 30.3 Å². The number of halogens is 3. The number of hydrogen-bond donors (Lipinski definition) is 0. The summed E-state index contributed by atoms with van der Waals surface area (Å²) < 4.78 is 37.3. The number of piperidine rings is 1. The highest BCUT2D eigenvalue weighted by Crippen LogP contribution is 2.25. The maximum atomic E-state index is 12.4. The van der Waals surface area contributed by atoms with Crippen molar-refractivity contribution in [3.63, 3.8) is 0 Å². The van der Waals surface area contributed by atoms with Gasteiger partial charge in [-0.1, -0.05) is 30.3 Å². The first kappa shape index (κ1) is 14.7. The molecule has 0 spiro atoms. The van der Waals surface area contributed by atoms with Crippen LogP contribution in [0.3, 0.4) is 0 Å². The average Bonchev–Trinajstić information content (AvgIpc) is 2.40. The van der Waals surface area contributed by atoms with Gasteiger partial charge in [0.15, 0.2) is 0 Å². The van der Waals surface area contributed by atoms with E-state index in [0.717, 1.165) is 5.56 Å². The van der Waals surface area contributed by atoms with Gasteiger partial charge in [0.05, 0.1) is 5.92 Å². The van der Waals surface area contributed by atoms with Crippen molar-refractivity contribution < 1.29 is 22.8 Å². The Labute approximate surface area is 114 Å². The summed E-state index contributed by atoms with van der Waals surface area (Å²) in [5.41, 5.74) is 0.944. The van der Waals surface area contributed by atoms with Gasteiger partial charge in [-0.2, -0.15) is 13.2 Å². The van der Waals surface area contributed by atoms with E-state index in [-0.39, 0.29) is 13.0 Å². The molecule has 20 heavy (non-hydrogen) atoms. The Morgan fingerprint density at radius 1 is 1.25 bits per heavy atom. The van der Waals surface area contributed by atoms with Crippen LogP contribution in [0.4, 0.5) is 13.2 Å². The molecule has 1 aliphatic heterocycles. The molecule has 0 N–H and O–H groups in total. The SMILES string of the molecule is O=C1CCN(Cc2ccccc2)CC1C(=O)C(F)(F)F. The molecule has 1 fully saturated rings. The third-order valence-corrected chi connectivity index (χ3v) is 3.35. The van der Waals surface area contributed by atoms with E-state index in [2.05, 4.69) is 0 Å². The highest BCUT2D eigenvalue weighted by molar-refractivity contribution is 6.05. The van der Waals surface area contributed by atoms with Gasteiger partial charge in [-0.25, -0.2) is 0 Å². The number of ketones is 2. The van der Waals surface area contributed by atoms with Crippen LogP contribution in [-0.2, 0) is 16.1 Å². The van der Waals surface area contributed by atoms with Crippen LogP contribution < -0.4 is 0 Å². The molecule has 6 heteroatoms. The summed E-state index contributed by atoms with van der Waals surface area (Å²) in [7, 11) is 0. The number of rotatable bonds is 3. The minimum atomic E-state index is -4.95. The predicted molar refractivity (Wildman–Crippen MR) is 65.9 cm³/mol. The van der Waals surface area contributed by atoms with Crippen LogP contribution in [0.5, 0.6) is 0 Å². The summed E-state index contributed by atoms with van der Waals surface area (Å²) in [5.74, 6) is -4.12. The Morgan fingerprint density at radius 2 is 1.90 bits per heavy atom. The van der Waals surface area contributed by atoms with Crippen LogP contribution in [-0.4, -0.2) is 35.7 Å².